The van der Waals surface area contributed by atoms with Gasteiger partial charge in [-0.25, -0.2) is 28.0 Å². The van der Waals surface area contributed by atoms with Gasteiger partial charge < -0.3 is 28.4 Å². The highest BCUT2D eigenvalue weighted by atomic mass is 19.1. The SMILES string of the molecule is C=C(C)C(=O)OCCCCCCCCCCCCCCCOc1ccc(C(=O)Oc2ccc(OC(=O)c3ccc(OCCCCCCCCCCCCCCCOC(=O)C(=C)C)cc3F)cc2)c(F)c1. The van der Waals surface area contributed by atoms with Crippen LogP contribution in [0.15, 0.2) is 85.0 Å². The van der Waals surface area contributed by atoms with Crippen LogP contribution in [0.2, 0.25) is 0 Å². The van der Waals surface area contributed by atoms with Crippen molar-refractivity contribution in [3.8, 4) is 23.0 Å². The fourth-order valence-corrected chi connectivity index (χ4v) is 7.66. The number of carbonyl (C=O) groups excluding carboxylic acids is 4. The zero-order valence-electron chi connectivity index (χ0n) is 42.2. The molecule has 12 heteroatoms. The van der Waals surface area contributed by atoms with Gasteiger partial charge in [0.25, 0.3) is 0 Å². The van der Waals surface area contributed by atoms with E-state index in [1.54, 1.807) is 13.8 Å². The average molecular weight is 975 g/mol. The van der Waals surface area contributed by atoms with Crippen LogP contribution in [0, 0.1) is 11.6 Å². The van der Waals surface area contributed by atoms with E-state index < -0.39 is 23.6 Å². The molecule has 3 aromatic carbocycles. The van der Waals surface area contributed by atoms with Gasteiger partial charge in [0.2, 0.25) is 0 Å². The van der Waals surface area contributed by atoms with Crippen LogP contribution >= 0.6 is 0 Å². The molecular formula is C58H80F2O10. The van der Waals surface area contributed by atoms with Crippen molar-refractivity contribution in [2.45, 2.75) is 181 Å². The van der Waals surface area contributed by atoms with Gasteiger partial charge in [-0.3, -0.25) is 0 Å². The van der Waals surface area contributed by atoms with Crippen molar-refractivity contribution in [2.24, 2.45) is 0 Å². The average Bonchev–Trinajstić information content (AvgIpc) is 3.33. The Balaban J connectivity index is 1.19. The Bertz CT molecular complexity index is 1870. The molecule has 0 unspecified atom stereocenters. The molecule has 0 N–H and O–H groups in total. The topological polar surface area (TPSA) is 124 Å². The van der Waals surface area contributed by atoms with Crippen LogP contribution in [-0.2, 0) is 19.1 Å². The fourth-order valence-electron chi connectivity index (χ4n) is 7.66. The number of carbonyl (C=O) groups is 4. The first-order chi connectivity index (χ1) is 33.9. The number of esters is 4. The Morgan fingerprint density at radius 2 is 0.614 bits per heavy atom. The van der Waals surface area contributed by atoms with E-state index in [4.69, 9.17) is 28.4 Å². The number of benzene rings is 3. The first kappa shape index (κ1) is 58.8. The number of unbranched alkanes of at least 4 members (excludes halogenated alkanes) is 24. The fraction of sp³-hybridized carbons (Fsp3) is 0.552. The summed E-state index contributed by atoms with van der Waals surface area (Å²) in [6, 6.07) is 13.7. The van der Waals surface area contributed by atoms with Crippen molar-refractivity contribution in [3.63, 3.8) is 0 Å². The number of halogens is 2. The van der Waals surface area contributed by atoms with E-state index in [0.717, 1.165) is 64.2 Å². The molecule has 0 aliphatic rings. The largest absolute Gasteiger partial charge is 0.493 e. The summed E-state index contributed by atoms with van der Waals surface area (Å²) >= 11 is 0. The lowest BCUT2D eigenvalue weighted by Gasteiger charge is -2.10. The highest BCUT2D eigenvalue weighted by Crippen LogP contribution is 2.24. The number of hydrogen-bond acceptors (Lipinski definition) is 10. The predicted octanol–water partition coefficient (Wildman–Crippen LogP) is 15.5. The maximum absolute atomic E-state index is 14.9. The van der Waals surface area contributed by atoms with Crippen LogP contribution in [0.25, 0.3) is 0 Å². The summed E-state index contributed by atoms with van der Waals surface area (Å²) < 4.78 is 62.2. The van der Waals surface area contributed by atoms with Gasteiger partial charge in [0.15, 0.2) is 0 Å². The number of rotatable bonds is 40. The summed E-state index contributed by atoms with van der Waals surface area (Å²) in [7, 11) is 0. The second kappa shape index (κ2) is 36.4. The molecule has 0 aliphatic carbocycles. The third kappa shape index (κ3) is 26.5. The third-order valence-corrected chi connectivity index (χ3v) is 11.8. The number of hydrogen-bond donors (Lipinski definition) is 0. The normalized spacial score (nSPS) is 10.9. The summed E-state index contributed by atoms with van der Waals surface area (Å²) in [5.74, 6) is -3.05. The van der Waals surface area contributed by atoms with Crippen LogP contribution in [0.4, 0.5) is 8.78 Å². The molecule has 0 saturated carbocycles. The van der Waals surface area contributed by atoms with Gasteiger partial charge in [-0.15, -0.1) is 0 Å². The van der Waals surface area contributed by atoms with Crippen molar-refractivity contribution in [1.29, 1.82) is 0 Å². The van der Waals surface area contributed by atoms with Gasteiger partial charge in [0, 0.05) is 23.3 Å². The molecule has 0 amide bonds. The highest BCUT2D eigenvalue weighted by Gasteiger charge is 2.18. The van der Waals surface area contributed by atoms with E-state index in [2.05, 4.69) is 13.2 Å². The minimum atomic E-state index is -0.895. The summed E-state index contributed by atoms with van der Waals surface area (Å²) in [6.45, 7) is 12.3. The van der Waals surface area contributed by atoms with Crippen LogP contribution in [0.5, 0.6) is 23.0 Å². The summed E-state index contributed by atoms with van der Waals surface area (Å²) in [5, 5.41) is 0. The van der Waals surface area contributed by atoms with Crippen molar-refractivity contribution in [3.05, 3.63) is 108 Å². The van der Waals surface area contributed by atoms with E-state index in [1.807, 2.05) is 0 Å². The molecular weight excluding hydrogens is 895 g/mol. The lowest BCUT2D eigenvalue weighted by Crippen LogP contribution is -2.12. The van der Waals surface area contributed by atoms with Crippen molar-refractivity contribution in [1.82, 2.24) is 0 Å². The maximum Gasteiger partial charge on any atom is 0.346 e. The van der Waals surface area contributed by atoms with Crippen LogP contribution < -0.4 is 18.9 Å². The van der Waals surface area contributed by atoms with Gasteiger partial charge in [-0.1, -0.05) is 154 Å². The molecule has 0 heterocycles. The molecule has 386 valence electrons. The predicted molar refractivity (Wildman–Crippen MR) is 272 cm³/mol. The van der Waals surface area contributed by atoms with Crippen molar-refractivity contribution in [2.75, 3.05) is 26.4 Å². The van der Waals surface area contributed by atoms with Crippen molar-refractivity contribution < 1.29 is 56.4 Å². The lowest BCUT2D eigenvalue weighted by molar-refractivity contribution is -0.139. The van der Waals surface area contributed by atoms with Gasteiger partial charge in [0.1, 0.15) is 34.6 Å². The molecule has 0 spiro atoms. The summed E-state index contributed by atoms with van der Waals surface area (Å²) in [5.41, 5.74) is 0.386. The molecule has 0 radical (unpaired) electrons. The molecule has 0 bridgehead atoms. The van der Waals surface area contributed by atoms with Gasteiger partial charge in [-0.2, -0.15) is 0 Å². The second-order valence-electron chi connectivity index (χ2n) is 18.3. The molecule has 3 rings (SSSR count). The van der Waals surface area contributed by atoms with E-state index in [1.165, 1.54) is 163 Å². The lowest BCUT2D eigenvalue weighted by atomic mass is 10.0. The Labute approximate surface area is 416 Å². The standard InChI is InChI=1S/C58H80F2O10/c1-45(2)55(61)67-41-29-25-21-17-13-9-5-7-11-15-19-23-27-39-65-49-35-37-51(53(59)43-49)57(63)69-47-31-33-48(34-32-47)70-58(64)52-38-36-50(44-54(52)60)66-40-28-24-20-16-12-8-6-10-14-18-22-26-30-42-68-56(62)46(3)4/h31-38,43-44H,1,3,5-30,39-42H2,2,4H3. The smallest absolute Gasteiger partial charge is 0.346 e. The first-order valence-corrected chi connectivity index (χ1v) is 26.0. The van der Waals surface area contributed by atoms with Gasteiger partial charge in [-0.05, 0) is 88.1 Å². The second-order valence-corrected chi connectivity index (χ2v) is 18.3. The van der Waals surface area contributed by atoms with E-state index in [-0.39, 0.29) is 34.6 Å². The quantitative estimate of drug-likeness (QED) is 0.0235. The van der Waals surface area contributed by atoms with E-state index in [9.17, 15) is 28.0 Å². The summed E-state index contributed by atoms with van der Waals surface area (Å²) in [4.78, 5) is 48.3. The van der Waals surface area contributed by atoms with Crippen LogP contribution in [0.1, 0.15) is 202 Å². The molecule has 0 aromatic heterocycles. The highest BCUT2D eigenvalue weighted by molar-refractivity contribution is 5.92. The minimum absolute atomic E-state index is 0.106. The van der Waals surface area contributed by atoms with Crippen molar-refractivity contribution >= 4 is 23.9 Å². The molecule has 70 heavy (non-hydrogen) atoms. The maximum atomic E-state index is 14.9. The van der Waals surface area contributed by atoms with Gasteiger partial charge in [0.05, 0.1) is 37.6 Å². The third-order valence-electron chi connectivity index (χ3n) is 11.8. The molecule has 3 aromatic rings. The minimum Gasteiger partial charge on any atom is -0.493 e. The zero-order valence-corrected chi connectivity index (χ0v) is 42.2. The molecule has 10 nitrogen and oxygen atoms in total. The van der Waals surface area contributed by atoms with Crippen LogP contribution in [-0.4, -0.2) is 50.3 Å². The van der Waals surface area contributed by atoms with E-state index >= 15 is 0 Å². The zero-order chi connectivity index (χ0) is 50.6. The Morgan fingerprint density at radius 3 is 0.871 bits per heavy atom. The Hall–Kier alpha value is -5.52. The molecule has 0 aliphatic heterocycles. The molecule has 0 fully saturated rings. The Morgan fingerprint density at radius 1 is 0.371 bits per heavy atom. The number of ether oxygens (including phenoxy) is 6. The van der Waals surface area contributed by atoms with Gasteiger partial charge >= 0.3 is 23.9 Å². The molecule has 0 saturated heterocycles. The summed E-state index contributed by atoms with van der Waals surface area (Å²) in [6.07, 6.45) is 29.5. The monoisotopic (exact) mass is 975 g/mol. The first-order valence-electron chi connectivity index (χ1n) is 26.0. The van der Waals surface area contributed by atoms with Crippen LogP contribution in [0.3, 0.4) is 0 Å². The van der Waals surface area contributed by atoms with E-state index in [0.29, 0.717) is 49.1 Å². The molecule has 0 atom stereocenters. The Kier molecular flexibility index (Phi) is 30.6.